The summed E-state index contributed by atoms with van der Waals surface area (Å²) in [6, 6.07) is 19.5. The first-order valence-electron chi connectivity index (χ1n) is 9.93. The van der Waals surface area contributed by atoms with Gasteiger partial charge in [-0.3, -0.25) is 4.99 Å². The predicted octanol–water partition coefficient (Wildman–Crippen LogP) is 4.25. The summed E-state index contributed by atoms with van der Waals surface area (Å²) in [6.07, 6.45) is 2.30. The third-order valence-corrected chi connectivity index (χ3v) is 5.34. The summed E-state index contributed by atoms with van der Waals surface area (Å²) in [5.41, 5.74) is 3.89. The molecular formula is C23H31N3O. The lowest BCUT2D eigenvalue weighted by Gasteiger charge is -2.22. The summed E-state index contributed by atoms with van der Waals surface area (Å²) in [7, 11) is 1.82. The summed E-state index contributed by atoms with van der Waals surface area (Å²) in [4.78, 5) is 4.40. The number of nitrogens with one attached hydrogen (secondary N) is 2. The van der Waals surface area contributed by atoms with Gasteiger partial charge in [0.2, 0.25) is 0 Å². The van der Waals surface area contributed by atoms with Crippen molar-refractivity contribution in [3.8, 4) is 0 Å². The van der Waals surface area contributed by atoms with Crippen LogP contribution in [0, 0.1) is 5.92 Å². The van der Waals surface area contributed by atoms with Crippen molar-refractivity contribution in [2.24, 2.45) is 10.9 Å². The van der Waals surface area contributed by atoms with E-state index >= 15 is 0 Å². The second kappa shape index (κ2) is 9.56. The van der Waals surface area contributed by atoms with Crippen LogP contribution in [0.4, 0.5) is 0 Å². The summed E-state index contributed by atoms with van der Waals surface area (Å²) in [5.74, 6) is 1.28. The average molecular weight is 366 g/mol. The fourth-order valence-electron chi connectivity index (χ4n) is 3.61. The van der Waals surface area contributed by atoms with Crippen molar-refractivity contribution in [1.82, 2.24) is 10.6 Å². The Labute approximate surface area is 163 Å². The lowest BCUT2D eigenvalue weighted by Crippen LogP contribution is -2.41. The topological polar surface area (TPSA) is 45.7 Å². The molecule has 0 radical (unpaired) electrons. The number of benzene rings is 2. The third kappa shape index (κ3) is 5.10. The van der Waals surface area contributed by atoms with Gasteiger partial charge in [0.1, 0.15) is 0 Å². The molecule has 0 amide bonds. The molecule has 1 saturated heterocycles. The molecule has 1 heterocycles. The summed E-state index contributed by atoms with van der Waals surface area (Å²) >= 11 is 0. The van der Waals surface area contributed by atoms with Gasteiger partial charge in [0.05, 0.1) is 12.1 Å². The SMILES string of the molecule is CCc1ccc(C(C)NC(=NC)NCC2CCOC2c2ccccc2)cc1. The summed E-state index contributed by atoms with van der Waals surface area (Å²) in [5, 5.41) is 6.99. The van der Waals surface area contributed by atoms with Gasteiger partial charge in [-0.25, -0.2) is 0 Å². The standard InChI is InChI=1S/C23H31N3O/c1-4-18-10-12-19(13-11-18)17(2)26-23(24-3)25-16-21-14-15-27-22(21)20-8-6-5-7-9-20/h5-13,17,21-22H,4,14-16H2,1-3H3,(H2,24,25,26). The predicted molar refractivity (Wildman–Crippen MR) is 112 cm³/mol. The number of ether oxygens (including phenoxy) is 1. The molecule has 0 aliphatic carbocycles. The maximum absolute atomic E-state index is 5.99. The molecule has 144 valence electrons. The average Bonchev–Trinajstić information content (AvgIpc) is 3.20. The highest BCUT2D eigenvalue weighted by atomic mass is 16.5. The van der Waals surface area contributed by atoms with Crippen LogP contribution in [0.2, 0.25) is 0 Å². The zero-order chi connectivity index (χ0) is 19.1. The molecule has 0 spiro atoms. The van der Waals surface area contributed by atoms with Gasteiger partial charge in [-0.05, 0) is 36.5 Å². The Morgan fingerprint density at radius 2 is 1.89 bits per heavy atom. The molecule has 1 aliphatic rings. The molecule has 1 aliphatic heterocycles. The Hall–Kier alpha value is -2.33. The Kier molecular flexibility index (Phi) is 6.88. The number of guanidine groups is 1. The Bertz CT molecular complexity index is 727. The maximum Gasteiger partial charge on any atom is 0.191 e. The summed E-state index contributed by atoms with van der Waals surface area (Å²) in [6.45, 7) is 6.01. The van der Waals surface area contributed by atoms with Crippen molar-refractivity contribution < 1.29 is 4.74 Å². The highest BCUT2D eigenvalue weighted by Gasteiger charge is 2.29. The number of rotatable bonds is 6. The number of nitrogens with zero attached hydrogens (tertiary/aromatic N) is 1. The van der Waals surface area contributed by atoms with E-state index in [9.17, 15) is 0 Å². The molecule has 3 rings (SSSR count). The van der Waals surface area contributed by atoms with Gasteiger partial charge in [-0.1, -0.05) is 61.5 Å². The van der Waals surface area contributed by atoms with Gasteiger partial charge in [-0.15, -0.1) is 0 Å². The van der Waals surface area contributed by atoms with Crippen molar-refractivity contribution in [2.75, 3.05) is 20.2 Å². The molecule has 0 saturated carbocycles. The molecule has 27 heavy (non-hydrogen) atoms. The molecule has 2 aromatic rings. The molecule has 4 heteroatoms. The molecule has 4 nitrogen and oxygen atoms in total. The van der Waals surface area contributed by atoms with E-state index in [1.807, 2.05) is 13.1 Å². The number of aliphatic imine (C=N–C) groups is 1. The van der Waals surface area contributed by atoms with Gasteiger partial charge in [0.25, 0.3) is 0 Å². The van der Waals surface area contributed by atoms with Crippen LogP contribution in [-0.4, -0.2) is 26.2 Å². The molecule has 3 atom stereocenters. The molecule has 2 N–H and O–H groups in total. The van der Waals surface area contributed by atoms with Crippen LogP contribution >= 0.6 is 0 Å². The minimum Gasteiger partial charge on any atom is -0.373 e. The minimum absolute atomic E-state index is 0.163. The van der Waals surface area contributed by atoms with Crippen LogP contribution in [0.15, 0.2) is 59.6 Å². The quantitative estimate of drug-likeness (QED) is 0.594. The first-order chi connectivity index (χ1) is 13.2. The lowest BCUT2D eigenvalue weighted by atomic mass is 9.95. The van der Waals surface area contributed by atoms with Crippen LogP contribution in [0.1, 0.15) is 49.1 Å². The fourth-order valence-corrected chi connectivity index (χ4v) is 3.61. The van der Waals surface area contributed by atoms with E-state index in [0.717, 1.165) is 32.0 Å². The zero-order valence-corrected chi connectivity index (χ0v) is 16.6. The lowest BCUT2D eigenvalue weighted by molar-refractivity contribution is 0.0915. The first-order valence-corrected chi connectivity index (χ1v) is 9.93. The smallest absolute Gasteiger partial charge is 0.191 e. The Balaban J connectivity index is 1.55. The Morgan fingerprint density at radius 3 is 2.56 bits per heavy atom. The summed E-state index contributed by atoms with van der Waals surface area (Å²) < 4.78 is 5.99. The van der Waals surface area contributed by atoms with Crippen molar-refractivity contribution in [2.45, 2.75) is 38.8 Å². The molecule has 2 aromatic carbocycles. The fraction of sp³-hybridized carbons (Fsp3) is 0.435. The second-order valence-electron chi connectivity index (χ2n) is 7.17. The van der Waals surface area contributed by atoms with Crippen LogP contribution in [0.3, 0.4) is 0 Å². The molecular weight excluding hydrogens is 334 g/mol. The van der Waals surface area contributed by atoms with Crippen LogP contribution in [-0.2, 0) is 11.2 Å². The molecule has 3 unspecified atom stereocenters. The monoisotopic (exact) mass is 365 g/mol. The van der Waals surface area contributed by atoms with Gasteiger partial charge in [0.15, 0.2) is 5.96 Å². The maximum atomic E-state index is 5.99. The number of hydrogen-bond donors (Lipinski definition) is 2. The molecule has 0 aromatic heterocycles. The van der Waals surface area contributed by atoms with E-state index in [4.69, 9.17) is 4.74 Å². The van der Waals surface area contributed by atoms with Crippen molar-refractivity contribution in [3.63, 3.8) is 0 Å². The third-order valence-electron chi connectivity index (χ3n) is 5.34. The van der Waals surface area contributed by atoms with Gasteiger partial charge in [0, 0.05) is 26.1 Å². The van der Waals surface area contributed by atoms with E-state index in [-0.39, 0.29) is 12.1 Å². The van der Waals surface area contributed by atoms with Crippen LogP contribution < -0.4 is 10.6 Å². The number of hydrogen-bond acceptors (Lipinski definition) is 2. The van der Waals surface area contributed by atoms with Gasteiger partial charge < -0.3 is 15.4 Å². The Morgan fingerprint density at radius 1 is 1.15 bits per heavy atom. The number of aryl methyl sites for hydroxylation is 1. The zero-order valence-electron chi connectivity index (χ0n) is 16.6. The largest absolute Gasteiger partial charge is 0.373 e. The van der Waals surface area contributed by atoms with Crippen LogP contribution in [0.25, 0.3) is 0 Å². The highest BCUT2D eigenvalue weighted by molar-refractivity contribution is 5.80. The molecule has 1 fully saturated rings. The first kappa shape index (κ1) is 19.4. The minimum atomic E-state index is 0.163. The van der Waals surface area contributed by atoms with Crippen molar-refractivity contribution in [3.05, 3.63) is 71.3 Å². The van der Waals surface area contributed by atoms with Crippen molar-refractivity contribution in [1.29, 1.82) is 0 Å². The normalized spacial score (nSPS) is 21.1. The van der Waals surface area contributed by atoms with E-state index in [1.165, 1.54) is 16.7 Å². The van der Waals surface area contributed by atoms with Crippen molar-refractivity contribution >= 4 is 5.96 Å². The van der Waals surface area contributed by atoms with E-state index in [0.29, 0.717) is 5.92 Å². The van der Waals surface area contributed by atoms with Gasteiger partial charge in [-0.2, -0.15) is 0 Å². The van der Waals surface area contributed by atoms with Gasteiger partial charge >= 0.3 is 0 Å². The molecule has 0 bridgehead atoms. The highest BCUT2D eigenvalue weighted by Crippen LogP contribution is 2.33. The van der Waals surface area contributed by atoms with E-state index in [2.05, 4.69) is 78.0 Å². The second-order valence-corrected chi connectivity index (χ2v) is 7.17. The van der Waals surface area contributed by atoms with Crippen LogP contribution in [0.5, 0.6) is 0 Å². The van der Waals surface area contributed by atoms with E-state index < -0.39 is 0 Å². The van der Waals surface area contributed by atoms with E-state index in [1.54, 1.807) is 0 Å².